The molecular weight excluding hydrogens is 243 g/mol. The molecule has 2 nitrogen and oxygen atoms in total. The summed E-state index contributed by atoms with van der Waals surface area (Å²) in [6.45, 7) is 0. The zero-order valence-electron chi connectivity index (χ0n) is 8.22. The lowest BCUT2D eigenvalue weighted by Gasteiger charge is -2.24. The van der Waals surface area contributed by atoms with Gasteiger partial charge < -0.3 is 9.42 Å². The van der Waals surface area contributed by atoms with Gasteiger partial charge in [0.15, 0.2) is 0 Å². The van der Waals surface area contributed by atoms with Gasteiger partial charge in [0.2, 0.25) is 0 Å². The van der Waals surface area contributed by atoms with E-state index in [1.54, 1.807) is 6.07 Å². The van der Waals surface area contributed by atoms with E-state index in [1.807, 2.05) is 36.4 Å². The van der Waals surface area contributed by atoms with Crippen LogP contribution in [0, 0.1) is 0 Å². The average molecular weight is 251 g/mol. The van der Waals surface area contributed by atoms with Gasteiger partial charge in [0.05, 0.1) is 10.3 Å². The van der Waals surface area contributed by atoms with Crippen molar-refractivity contribution in [1.29, 1.82) is 0 Å². The lowest BCUT2D eigenvalue weighted by atomic mass is 10.0. The highest BCUT2D eigenvalue weighted by Crippen LogP contribution is 2.47. The molecule has 0 bridgehead atoms. The molecule has 0 aromatic heterocycles. The fourth-order valence-corrected chi connectivity index (χ4v) is 3.32. The van der Waals surface area contributed by atoms with Gasteiger partial charge in [-0.05, 0) is 12.1 Å². The summed E-state index contributed by atoms with van der Waals surface area (Å²) in [7, 11) is -1.65. The molecule has 2 aromatic carbocycles. The molecular formula is C12H8ClO2P. The number of halogens is 1. The van der Waals surface area contributed by atoms with Crippen molar-refractivity contribution in [2.75, 3.05) is 0 Å². The first-order chi connectivity index (χ1) is 7.77. The Hall–Kier alpha value is -1.08. The molecule has 1 unspecified atom stereocenters. The molecule has 0 aliphatic carbocycles. The fraction of sp³-hybridized carbons (Fsp3) is 0. The van der Waals surface area contributed by atoms with Gasteiger partial charge >= 0.3 is 0 Å². The van der Waals surface area contributed by atoms with Crippen LogP contribution in [0.3, 0.4) is 0 Å². The molecule has 1 aliphatic rings. The minimum atomic E-state index is -1.65. The summed E-state index contributed by atoms with van der Waals surface area (Å²) in [6.07, 6.45) is 0. The Morgan fingerprint density at radius 2 is 1.75 bits per heavy atom. The number of rotatable bonds is 0. The molecule has 4 heteroatoms. The van der Waals surface area contributed by atoms with E-state index in [9.17, 15) is 4.89 Å². The third-order valence-electron chi connectivity index (χ3n) is 2.54. The second-order valence-corrected chi connectivity index (χ2v) is 5.08. The molecule has 3 rings (SSSR count). The van der Waals surface area contributed by atoms with E-state index < -0.39 is 8.38 Å². The number of benzene rings is 2. The largest absolute Gasteiger partial charge is 0.443 e. The molecule has 2 aromatic rings. The molecule has 0 saturated carbocycles. The van der Waals surface area contributed by atoms with Crippen LogP contribution < -0.4 is 9.83 Å². The SMILES string of the molecule is OP1Oc2ccccc2-c2cccc(Cl)c21. The van der Waals surface area contributed by atoms with Crippen LogP contribution in [0.2, 0.25) is 5.02 Å². The number of fused-ring (bicyclic) bond motifs is 3. The van der Waals surface area contributed by atoms with E-state index in [-0.39, 0.29) is 0 Å². The van der Waals surface area contributed by atoms with Crippen LogP contribution in [0.15, 0.2) is 42.5 Å². The molecule has 0 amide bonds. The molecule has 0 spiro atoms. The maximum Gasteiger partial charge on any atom is 0.264 e. The third kappa shape index (κ3) is 1.42. The Balaban J connectivity index is 2.33. The lowest BCUT2D eigenvalue weighted by molar-refractivity contribution is 0.498. The van der Waals surface area contributed by atoms with Crippen LogP contribution in [0.5, 0.6) is 5.75 Å². The Labute approximate surface area is 99.4 Å². The maximum absolute atomic E-state index is 9.95. The van der Waals surface area contributed by atoms with Crippen molar-refractivity contribution in [2.45, 2.75) is 0 Å². The van der Waals surface area contributed by atoms with Crippen molar-refractivity contribution >= 4 is 25.3 Å². The molecule has 16 heavy (non-hydrogen) atoms. The Bertz CT molecular complexity index is 556. The molecule has 0 radical (unpaired) electrons. The summed E-state index contributed by atoms with van der Waals surface area (Å²) in [5.41, 5.74) is 1.94. The van der Waals surface area contributed by atoms with Gasteiger partial charge in [-0.1, -0.05) is 41.9 Å². The molecule has 1 N–H and O–H groups in total. The van der Waals surface area contributed by atoms with Crippen molar-refractivity contribution in [1.82, 2.24) is 0 Å². The highest BCUT2D eigenvalue weighted by Gasteiger charge is 2.27. The zero-order valence-corrected chi connectivity index (χ0v) is 9.87. The summed E-state index contributed by atoms with van der Waals surface area (Å²) in [6, 6.07) is 13.2. The van der Waals surface area contributed by atoms with Crippen molar-refractivity contribution in [3.8, 4) is 16.9 Å². The summed E-state index contributed by atoms with van der Waals surface area (Å²) in [5, 5.41) is 1.26. The molecule has 1 heterocycles. The first-order valence-corrected chi connectivity index (χ1v) is 6.41. The number of hydrogen-bond acceptors (Lipinski definition) is 2. The van der Waals surface area contributed by atoms with Gasteiger partial charge in [0.25, 0.3) is 8.38 Å². The van der Waals surface area contributed by atoms with Crippen LogP contribution in [0.1, 0.15) is 0 Å². The van der Waals surface area contributed by atoms with Crippen molar-refractivity contribution < 1.29 is 9.42 Å². The maximum atomic E-state index is 9.95. The highest BCUT2D eigenvalue weighted by molar-refractivity contribution is 7.56. The molecule has 80 valence electrons. The summed E-state index contributed by atoms with van der Waals surface area (Å²) in [4.78, 5) is 9.95. The second kappa shape index (κ2) is 3.74. The Morgan fingerprint density at radius 1 is 1.00 bits per heavy atom. The monoisotopic (exact) mass is 250 g/mol. The van der Waals surface area contributed by atoms with Gasteiger partial charge in [0.1, 0.15) is 5.75 Å². The third-order valence-corrected chi connectivity index (χ3v) is 4.22. The van der Waals surface area contributed by atoms with Crippen LogP contribution in [0.4, 0.5) is 0 Å². The van der Waals surface area contributed by atoms with Gasteiger partial charge in [-0.15, -0.1) is 0 Å². The predicted molar refractivity (Wildman–Crippen MR) is 66.3 cm³/mol. The minimum absolute atomic E-state index is 0.556. The second-order valence-electron chi connectivity index (χ2n) is 3.50. The average Bonchev–Trinajstić information content (AvgIpc) is 2.29. The zero-order chi connectivity index (χ0) is 11.1. The van der Waals surface area contributed by atoms with Crippen molar-refractivity contribution in [2.24, 2.45) is 0 Å². The predicted octanol–water partition coefficient (Wildman–Crippen LogP) is 3.33. The summed E-state index contributed by atoms with van der Waals surface area (Å²) >= 11 is 6.08. The molecule has 1 atom stereocenters. The van der Waals surface area contributed by atoms with Crippen molar-refractivity contribution in [3.05, 3.63) is 47.5 Å². The Morgan fingerprint density at radius 3 is 2.62 bits per heavy atom. The van der Waals surface area contributed by atoms with Gasteiger partial charge in [-0.25, -0.2) is 0 Å². The van der Waals surface area contributed by atoms with Gasteiger partial charge in [0, 0.05) is 11.1 Å². The Kier molecular flexibility index (Phi) is 2.36. The van der Waals surface area contributed by atoms with Crippen LogP contribution in [-0.4, -0.2) is 4.89 Å². The quantitative estimate of drug-likeness (QED) is 0.727. The fourth-order valence-electron chi connectivity index (χ4n) is 1.83. The normalized spacial score (nSPS) is 17.2. The van der Waals surface area contributed by atoms with Crippen LogP contribution >= 0.6 is 20.0 Å². The first kappa shape index (κ1) is 10.1. The topological polar surface area (TPSA) is 29.5 Å². The van der Waals surface area contributed by atoms with E-state index in [2.05, 4.69) is 0 Å². The van der Waals surface area contributed by atoms with E-state index >= 15 is 0 Å². The van der Waals surface area contributed by atoms with Gasteiger partial charge in [-0.2, -0.15) is 0 Å². The van der Waals surface area contributed by atoms with E-state index in [1.165, 1.54) is 0 Å². The summed E-state index contributed by atoms with van der Waals surface area (Å²) < 4.78 is 5.48. The highest BCUT2D eigenvalue weighted by atomic mass is 35.5. The summed E-state index contributed by atoms with van der Waals surface area (Å²) in [5.74, 6) is 0.714. The number of para-hydroxylation sites is 1. The molecule has 0 fully saturated rings. The van der Waals surface area contributed by atoms with Crippen LogP contribution in [0.25, 0.3) is 11.1 Å². The smallest absolute Gasteiger partial charge is 0.264 e. The van der Waals surface area contributed by atoms with E-state index in [0.29, 0.717) is 16.1 Å². The lowest BCUT2D eigenvalue weighted by Crippen LogP contribution is -2.14. The van der Waals surface area contributed by atoms with Gasteiger partial charge in [-0.3, -0.25) is 0 Å². The molecule has 0 saturated heterocycles. The van der Waals surface area contributed by atoms with E-state index in [0.717, 1.165) is 11.1 Å². The molecule has 1 aliphatic heterocycles. The number of hydrogen-bond donors (Lipinski definition) is 1. The minimum Gasteiger partial charge on any atom is -0.443 e. The first-order valence-electron chi connectivity index (χ1n) is 4.82. The van der Waals surface area contributed by atoms with E-state index in [4.69, 9.17) is 16.1 Å². The standard InChI is InChI=1S/C12H8ClO2P/c13-10-6-3-5-9-8-4-1-2-7-11(8)15-16(14)12(9)10/h1-7,14H. The van der Waals surface area contributed by atoms with Crippen LogP contribution in [-0.2, 0) is 0 Å². The van der Waals surface area contributed by atoms with Crippen molar-refractivity contribution in [3.63, 3.8) is 0 Å².